The Morgan fingerprint density at radius 2 is 1.90 bits per heavy atom. The van der Waals surface area contributed by atoms with Gasteiger partial charge in [0.1, 0.15) is 0 Å². The molecule has 104 valence electrons. The summed E-state index contributed by atoms with van der Waals surface area (Å²) >= 11 is 0. The standard InChI is InChI=1S/C12H14N6O2/c1-17(16-11(13)19)10-7-9(15-18(10)12(14)20)8-5-3-2-4-6-8/h2-7H,1H3,(H2,14,20)(H3,13,16,19). The van der Waals surface area contributed by atoms with Crippen LogP contribution in [0.15, 0.2) is 36.4 Å². The maximum atomic E-state index is 11.4. The van der Waals surface area contributed by atoms with Crippen LogP contribution in [0.1, 0.15) is 0 Å². The van der Waals surface area contributed by atoms with Crippen molar-refractivity contribution in [2.45, 2.75) is 0 Å². The molecule has 2 rings (SSSR count). The number of hydrazine groups is 1. The molecule has 0 spiro atoms. The molecule has 8 nitrogen and oxygen atoms in total. The predicted octanol–water partition coefficient (Wildman–Crippen LogP) is 0.496. The van der Waals surface area contributed by atoms with Gasteiger partial charge in [0, 0.05) is 18.7 Å². The molecule has 0 radical (unpaired) electrons. The molecule has 8 heteroatoms. The first kappa shape index (κ1) is 13.4. The Morgan fingerprint density at radius 3 is 2.45 bits per heavy atom. The maximum Gasteiger partial charge on any atom is 0.341 e. The van der Waals surface area contributed by atoms with Crippen LogP contribution in [0.4, 0.5) is 15.4 Å². The zero-order chi connectivity index (χ0) is 14.7. The lowest BCUT2D eigenvalue weighted by Gasteiger charge is -2.17. The minimum absolute atomic E-state index is 0.301. The van der Waals surface area contributed by atoms with Crippen LogP contribution < -0.4 is 21.9 Å². The lowest BCUT2D eigenvalue weighted by molar-refractivity contribution is 0.245. The van der Waals surface area contributed by atoms with Gasteiger partial charge in [-0.25, -0.2) is 15.0 Å². The molecule has 1 aromatic carbocycles. The number of hydrogen-bond donors (Lipinski definition) is 3. The van der Waals surface area contributed by atoms with Crippen molar-refractivity contribution in [2.75, 3.05) is 12.1 Å². The van der Waals surface area contributed by atoms with Gasteiger partial charge in [-0.3, -0.25) is 5.01 Å². The van der Waals surface area contributed by atoms with Gasteiger partial charge in [-0.2, -0.15) is 9.78 Å². The summed E-state index contributed by atoms with van der Waals surface area (Å²) in [5.41, 5.74) is 14.0. The second-order valence-electron chi connectivity index (χ2n) is 4.04. The monoisotopic (exact) mass is 274 g/mol. The van der Waals surface area contributed by atoms with Crippen molar-refractivity contribution in [1.29, 1.82) is 0 Å². The average Bonchev–Trinajstić information content (AvgIpc) is 2.84. The second kappa shape index (κ2) is 5.31. The molecular weight excluding hydrogens is 260 g/mol. The summed E-state index contributed by atoms with van der Waals surface area (Å²) in [6, 6.07) is 9.36. The number of rotatable bonds is 3. The van der Waals surface area contributed by atoms with Gasteiger partial charge in [0.15, 0.2) is 5.82 Å². The zero-order valence-electron chi connectivity index (χ0n) is 10.8. The number of urea groups is 1. The highest BCUT2D eigenvalue weighted by molar-refractivity contribution is 5.81. The van der Waals surface area contributed by atoms with Gasteiger partial charge in [-0.1, -0.05) is 30.3 Å². The van der Waals surface area contributed by atoms with Crippen molar-refractivity contribution < 1.29 is 9.59 Å². The molecule has 0 unspecified atom stereocenters. The fraction of sp³-hybridized carbons (Fsp3) is 0.0833. The van der Waals surface area contributed by atoms with Crippen LogP contribution in [0.3, 0.4) is 0 Å². The SMILES string of the molecule is CN(NC(N)=O)c1cc(-c2ccccc2)nn1C(N)=O. The third-order valence-electron chi connectivity index (χ3n) is 2.59. The molecule has 0 bridgehead atoms. The minimum Gasteiger partial charge on any atom is -0.350 e. The van der Waals surface area contributed by atoms with Crippen molar-refractivity contribution in [2.24, 2.45) is 11.5 Å². The molecule has 0 atom stereocenters. The van der Waals surface area contributed by atoms with E-state index in [9.17, 15) is 9.59 Å². The number of carbonyl (C=O) groups is 2. The van der Waals surface area contributed by atoms with Crippen molar-refractivity contribution in [3.63, 3.8) is 0 Å². The molecule has 5 N–H and O–H groups in total. The topological polar surface area (TPSA) is 119 Å². The van der Waals surface area contributed by atoms with Gasteiger partial charge >= 0.3 is 12.1 Å². The summed E-state index contributed by atoms with van der Waals surface area (Å²) in [5, 5.41) is 5.39. The average molecular weight is 274 g/mol. The van der Waals surface area contributed by atoms with Crippen LogP contribution in [0.5, 0.6) is 0 Å². The number of primary amides is 2. The molecule has 0 fully saturated rings. The number of nitrogens with one attached hydrogen (secondary N) is 1. The molecule has 0 aliphatic carbocycles. The van der Waals surface area contributed by atoms with E-state index < -0.39 is 12.1 Å². The molecule has 0 saturated carbocycles. The fourth-order valence-corrected chi connectivity index (χ4v) is 1.74. The molecule has 1 heterocycles. The Balaban J connectivity index is 2.43. The molecule has 0 aliphatic heterocycles. The Labute approximate surface area is 114 Å². The van der Waals surface area contributed by atoms with E-state index >= 15 is 0 Å². The van der Waals surface area contributed by atoms with Crippen molar-refractivity contribution in [3.05, 3.63) is 36.4 Å². The highest BCUT2D eigenvalue weighted by Gasteiger charge is 2.17. The van der Waals surface area contributed by atoms with E-state index in [1.807, 2.05) is 30.3 Å². The van der Waals surface area contributed by atoms with Crippen LogP contribution in [0, 0.1) is 0 Å². The van der Waals surface area contributed by atoms with Gasteiger partial charge in [0.2, 0.25) is 0 Å². The van der Waals surface area contributed by atoms with Crippen LogP contribution in [-0.4, -0.2) is 28.9 Å². The number of benzene rings is 1. The van der Waals surface area contributed by atoms with Gasteiger partial charge in [-0.15, -0.1) is 0 Å². The lowest BCUT2D eigenvalue weighted by atomic mass is 10.2. The number of amides is 3. The summed E-state index contributed by atoms with van der Waals surface area (Å²) in [6.45, 7) is 0. The van der Waals surface area contributed by atoms with Gasteiger partial charge < -0.3 is 11.5 Å². The van der Waals surface area contributed by atoms with E-state index in [-0.39, 0.29) is 0 Å². The van der Waals surface area contributed by atoms with Crippen LogP contribution in [-0.2, 0) is 0 Å². The number of carbonyl (C=O) groups excluding carboxylic acids is 2. The Morgan fingerprint density at radius 1 is 1.25 bits per heavy atom. The van der Waals surface area contributed by atoms with Crippen LogP contribution in [0.2, 0.25) is 0 Å². The predicted molar refractivity (Wildman–Crippen MR) is 73.8 cm³/mol. The normalized spacial score (nSPS) is 10.1. The van der Waals surface area contributed by atoms with Crippen molar-refractivity contribution >= 4 is 17.9 Å². The second-order valence-corrected chi connectivity index (χ2v) is 4.04. The van der Waals surface area contributed by atoms with Crippen LogP contribution >= 0.6 is 0 Å². The van der Waals surface area contributed by atoms with E-state index in [4.69, 9.17) is 11.5 Å². The van der Waals surface area contributed by atoms with E-state index in [1.54, 1.807) is 6.07 Å². The smallest absolute Gasteiger partial charge is 0.341 e. The number of hydrogen-bond acceptors (Lipinski definition) is 4. The number of anilines is 1. The minimum atomic E-state index is -0.764. The molecule has 0 aliphatic rings. The van der Waals surface area contributed by atoms with Crippen LogP contribution in [0.25, 0.3) is 11.3 Å². The summed E-state index contributed by atoms with van der Waals surface area (Å²) in [5.74, 6) is 0.301. The Bertz CT molecular complexity index is 637. The van der Waals surface area contributed by atoms with Crippen molar-refractivity contribution in [1.82, 2.24) is 15.2 Å². The zero-order valence-corrected chi connectivity index (χ0v) is 10.8. The summed E-state index contributed by atoms with van der Waals surface area (Å²) in [4.78, 5) is 22.3. The summed E-state index contributed by atoms with van der Waals surface area (Å²) in [6.07, 6.45) is 0. The lowest BCUT2D eigenvalue weighted by Crippen LogP contribution is -2.44. The quantitative estimate of drug-likeness (QED) is 0.706. The first-order chi connectivity index (χ1) is 9.49. The first-order valence-corrected chi connectivity index (χ1v) is 5.74. The maximum absolute atomic E-state index is 11.4. The molecule has 0 saturated heterocycles. The third-order valence-corrected chi connectivity index (χ3v) is 2.59. The van der Waals surface area contributed by atoms with Gasteiger partial charge in [-0.05, 0) is 0 Å². The molecule has 1 aromatic heterocycles. The molecule has 2 aromatic rings. The van der Waals surface area contributed by atoms with E-state index in [2.05, 4.69) is 10.5 Å². The molecular formula is C12H14N6O2. The Kier molecular flexibility index (Phi) is 3.56. The van der Waals surface area contributed by atoms with Gasteiger partial charge in [0.05, 0.1) is 5.69 Å². The van der Waals surface area contributed by atoms with E-state index in [0.717, 1.165) is 10.2 Å². The van der Waals surface area contributed by atoms with Crippen molar-refractivity contribution in [3.8, 4) is 11.3 Å². The Hall–Kier alpha value is -3.03. The van der Waals surface area contributed by atoms with Gasteiger partial charge in [0.25, 0.3) is 0 Å². The first-order valence-electron chi connectivity index (χ1n) is 5.74. The largest absolute Gasteiger partial charge is 0.350 e. The number of nitrogens with zero attached hydrogens (tertiary/aromatic N) is 3. The molecule has 3 amide bonds. The number of nitrogens with two attached hydrogens (primary N) is 2. The van der Waals surface area contributed by atoms with E-state index in [0.29, 0.717) is 11.5 Å². The number of aromatic nitrogens is 2. The molecule has 20 heavy (non-hydrogen) atoms. The van der Waals surface area contributed by atoms with E-state index in [1.165, 1.54) is 12.1 Å². The fourth-order valence-electron chi connectivity index (χ4n) is 1.74. The highest BCUT2D eigenvalue weighted by Crippen LogP contribution is 2.22. The third kappa shape index (κ3) is 2.69. The summed E-state index contributed by atoms with van der Waals surface area (Å²) < 4.78 is 0.984. The summed E-state index contributed by atoms with van der Waals surface area (Å²) in [7, 11) is 1.52. The highest BCUT2D eigenvalue weighted by atomic mass is 16.2.